The summed E-state index contributed by atoms with van der Waals surface area (Å²) in [5, 5.41) is 0. The molecular formula is C18H13N3O. The van der Waals surface area contributed by atoms with Crippen LogP contribution < -0.4 is 5.56 Å². The van der Waals surface area contributed by atoms with Crippen LogP contribution in [0.15, 0.2) is 47.5 Å². The van der Waals surface area contributed by atoms with E-state index in [0.717, 1.165) is 41.8 Å². The zero-order chi connectivity index (χ0) is 14.9. The molecule has 22 heavy (non-hydrogen) atoms. The number of hydrogen-bond donors (Lipinski definition) is 0. The van der Waals surface area contributed by atoms with Gasteiger partial charge in [0.25, 0.3) is 5.56 Å². The summed E-state index contributed by atoms with van der Waals surface area (Å²) in [6.07, 6.45) is 6.22. The van der Waals surface area contributed by atoms with Crippen molar-refractivity contribution < 1.29 is 0 Å². The summed E-state index contributed by atoms with van der Waals surface area (Å²) in [7, 11) is 0. The number of pyridine rings is 2. The zero-order valence-corrected chi connectivity index (χ0v) is 11.9. The number of nitrogens with zero attached hydrogens (tertiary/aromatic N) is 3. The fraction of sp³-hybridized carbons (Fsp3) is 0.167. The summed E-state index contributed by atoms with van der Waals surface area (Å²) in [4.78, 5) is 21.2. The maximum Gasteiger partial charge on any atom is 0.261 e. The Bertz CT molecular complexity index is 978. The van der Waals surface area contributed by atoms with E-state index in [0.29, 0.717) is 5.65 Å². The van der Waals surface area contributed by atoms with Crippen LogP contribution in [0.5, 0.6) is 0 Å². The third-order valence-electron chi connectivity index (χ3n) is 3.85. The number of aryl methyl sites for hydroxylation is 1. The SMILES string of the molecule is O=c1c2c(nc3cc(C#Cc4ccccn4)ccn13)CCC2. The van der Waals surface area contributed by atoms with Gasteiger partial charge in [-0.15, -0.1) is 0 Å². The van der Waals surface area contributed by atoms with Crippen LogP contribution in [0.3, 0.4) is 0 Å². The van der Waals surface area contributed by atoms with Gasteiger partial charge in [0.2, 0.25) is 0 Å². The molecule has 106 valence electrons. The van der Waals surface area contributed by atoms with Crippen molar-refractivity contribution in [3.8, 4) is 11.8 Å². The average Bonchev–Trinajstić information content (AvgIpc) is 3.02. The van der Waals surface area contributed by atoms with Crippen LogP contribution in [-0.2, 0) is 12.8 Å². The van der Waals surface area contributed by atoms with E-state index in [1.807, 2.05) is 30.3 Å². The third-order valence-corrected chi connectivity index (χ3v) is 3.85. The van der Waals surface area contributed by atoms with Crippen molar-refractivity contribution >= 4 is 5.65 Å². The first-order valence-electron chi connectivity index (χ1n) is 7.28. The van der Waals surface area contributed by atoms with Crippen LogP contribution in [0.1, 0.15) is 28.9 Å². The second kappa shape index (κ2) is 5.12. The second-order valence-electron chi connectivity index (χ2n) is 5.30. The summed E-state index contributed by atoms with van der Waals surface area (Å²) in [6, 6.07) is 9.33. The highest BCUT2D eigenvalue weighted by molar-refractivity contribution is 5.50. The molecule has 0 radical (unpaired) electrons. The molecule has 4 nitrogen and oxygen atoms in total. The minimum absolute atomic E-state index is 0.0572. The molecule has 1 aliphatic rings. The number of rotatable bonds is 0. The molecule has 4 heteroatoms. The van der Waals surface area contributed by atoms with E-state index < -0.39 is 0 Å². The molecule has 0 spiro atoms. The lowest BCUT2D eigenvalue weighted by Gasteiger charge is -2.04. The molecule has 3 aromatic heterocycles. The van der Waals surface area contributed by atoms with E-state index in [9.17, 15) is 4.79 Å². The van der Waals surface area contributed by atoms with Crippen molar-refractivity contribution in [2.45, 2.75) is 19.3 Å². The standard InChI is InChI=1S/C18H13N3O/c22-18-15-5-3-6-16(15)20-17-12-13(9-11-21(17)18)7-8-14-4-1-2-10-19-14/h1-2,4,9-12H,3,5-6H2. The summed E-state index contributed by atoms with van der Waals surface area (Å²) >= 11 is 0. The molecule has 0 aliphatic heterocycles. The van der Waals surface area contributed by atoms with Crippen LogP contribution in [0.4, 0.5) is 0 Å². The summed E-state index contributed by atoms with van der Waals surface area (Å²) in [5.41, 5.74) is 4.09. The van der Waals surface area contributed by atoms with Crippen LogP contribution in [0.2, 0.25) is 0 Å². The van der Waals surface area contributed by atoms with Gasteiger partial charge in [0.1, 0.15) is 11.3 Å². The summed E-state index contributed by atoms with van der Waals surface area (Å²) in [6.45, 7) is 0. The Balaban J connectivity index is 1.80. The molecule has 0 aromatic carbocycles. The van der Waals surface area contributed by atoms with Gasteiger partial charge in [0.05, 0.1) is 5.69 Å². The molecule has 0 bridgehead atoms. The smallest absolute Gasteiger partial charge is 0.261 e. The Morgan fingerprint density at radius 1 is 1.14 bits per heavy atom. The van der Waals surface area contributed by atoms with E-state index in [2.05, 4.69) is 21.8 Å². The Labute approximate surface area is 127 Å². The minimum atomic E-state index is 0.0572. The molecule has 3 heterocycles. The van der Waals surface area contributed by atoms with Gasteiger partial charge in [0, 0.05) is 23.5 Å². The molecule has 1 aliphatic carbocycles. The lowest BCUT2D eigenvalue weighted by atomic mass is 10.2. The first kappa shape index (κ1) is 12.8. The zero-order valence-electron chi connectivity index (χ0n) is 11.9. The van der Waals surface area contributed by atoms with Crippen LogP contribution in [-0.4, -0.2) is 14.4 Å². The Morgan fingerprint density at radius 2 is 2.09 bits per heavy atom. The first-order chi connectivity index (χ1) is 10.8. The second-order valence-corrected chi connectivity index (χ2v) is 5.30. The van der Waals surface area contributed by atoms with Gasteiger partial charge in [-0.25, -0.2) is 9.97 Å². The van der Waals surface area contributed by atoms with Crippen molar-refractivity contribution in [1.82, 2.24) is 14.4 Å². The van der Waals surface area contributed by atoms with E-state index >= 15 is 0 Å². The van der Waals surface area contributed by atoms with Crippen LogP contribution in [0, 0.1) is 11.8 Å². The van der Waals surface area contributed by atoms with E-state index in [1.165, 1.54) is 0 Å². The summed E-state index contributed by atoms with van der Waals surface area (Å²) in [5.74, 6) is 6.09. The van der Waals surface area contributed by atoms with E-state index in [-0.39, 0.29) is 5.56 Å². The number of aromatic nitrogens is 3. The summed E-state index contributed by atoms with van der Waals surface area (Å²) < 4.78 is 1.61. The van der Waals surface area contributed by atoms with Gasteiger partial charge >= 0.3 is 0 Å². The molecule has 4 rings (SSSR count). The molecular weight excluding hydrogens is 274 g/mol. The average molecular weight is 287 g/mol. The van der Waals surface area contributed by atoms with Crippen LogP contribution >= 0.6 is 0 Å². The van der Waals surface area contributed by atoms with Gasteiger partial charge < -0.3 is 0 Å². The van der Waals surface area contributed by atoms with Gasteiger partial charge in [0.15, 0.2) is 0 Å². The molecule has 0 amide bonds. The van der Waals surface area contributed by atoms with Crippen molar-refractivity contribution in [2.75, 3.05) is 0 Å². The first-order valence-corrected chi connectivity index (χ1v) is 7.28. The largest absolute Gasteiger partial charge is 0.269 e. The minimum Gasteiger partial charge on any atom is -0.269 e. The van der Waals surface area contributed by atoms with E-state index in [1.54, 1.807) is 16.8 Å². The van der Waals surface area contributed by atoms with Gasteiger partial charge in [-0.3, -0.25) is 9.20 Å². The lowest BCUT2D eigenvalue weighted by Crippen LogP contribution is -2.19. The molecule has 3 aromatic rings. The van der Waals surface area contributed by atoms with Gasteiger partial charge in [-0.1, -0.05) is 12.0 Å². The fourth-order valence-corrected chi connectivity index (χ4v) is 2.76. The molecule has 0 saturated heterocycles. The van der Waals surface area contributed by atoms with Crippen molar-refractivity contribution in [1.29, 1.82) is 0 Å². The monoisotopic (exact) mass is 287 g/mol. The maximum atomic E-state index is 12.4. The predicted octanol–water partition coefficient (Wildman–Crippen LogP) is 1.98. The quantitative estimate of drug-likeness (QED) is 0.594. The lowest BCUT2D eigenvalue weighted by molar-refractivity contribution is 0.899. The number of hydrogen-bond acceptors (Lipinski definition) is 3. The van der Waals surface area contributed by atoms with Gasteiger partial charge in [-0.2, -0.15) is 0 Å². The van der Waals surface area contributed by atoms with Crippen molar-refractivity contribution in [3.05, 3.63) is 75.6 Å². The highest BCUT2D eigenvalue weighted by Crippen LogP contribution is 2.17. The van der Waals surface area contributed by atoms with E-state index in [4.69, 9.17) is 0 Å². The third kappa shape index (κ3) is 2.17. The highest BCUT2D eigenvalue weighted by Gasteiger charge is 2.17. The van der Waals surface area contributed by atoms with Crippen molar-refractivity contribution in [2.24, 2.45) is 0 Å². The predicted molar refractivity (Wildman–Crippen MR) is 83.7 cm³/mol. The Morgan fingerprint density at radius 3 is 2.95 bits per heavy atom. The molecule has 0 unspecified atom stereocenters. The molecule has 0 saturated carbocycles. The molecule has 0 atom stereocenters. The maximum absolute atomic E-state index is 12.4. The highest BCUT2D eigenvalue weighted by atomic mass is 16.1. The Hall–Kier alpha value is -2.93. The van der Waals surface area contributed by atoms with Gasteiger partial charge in [-0.05, 0) is 49.4 Å². The normalized spacial score (nSPS) is 12.7. The van der Waals surface area contributed by atoms with Crippen LogP contribution in [0.25, 0.3) is 5.65 Å². The fourth-order valence-electron chi connectivity index (χ4n) is 2.76. The topological polar surface area (TPSA) is 47.3 Å². The molecule has 0 N–H and O–H groups in total. The number of fused-ring (bicyclic) bond motifs is 2. The Kier molecular flexibility index (Phi) is 2.97. The van der Waals surface area contributed by atoms with Crippen molar-refractivity contribution in [3.63, 3.8) is 0 Å². The molecule has 0 fully saturated rings.